The van der Waals surface area contributed by atoms with Crippen molar-refractivity contribution in [2.75, 3.05) is 11.9 Å². The van der Waals surface area contributed by atoms with Gasteiger partial charge in [0.2, 0.25) is 0 Å². The molecule has 2 rings (SSSR count). The lowest BCUT2D eigenvalue weighted by Gasteiger charge is -2.11. The molecule has 6 nitrogen and oxygen atoms in total. The lowest BCUT2D eigenvalue weighted by molar-refractivity contribution is -0.682. The van der Waals surface area contributed by atoms with E-state index in [0.29, 0.717) is 0 Å². The second-order valence-electron chi connectivity index (χ2n) is 5.11. The number of halogens is 1. The highest BCUT2D eigenvalue weighted by atomic mass is 35.5. The number of nitrogens with zero attached hydrogens (tertiary/aromatic N) is 1. The molecule has 1 atom stereocenters. The molecule has 2 aromatic carbocycles. The Morgan fingerprint density at radius 3 is 2.65 bits per heavy atom. The van der Waals surface area contributed by atoms with Crippen molar-refractivity contribution in [1.29, 1.82) is 0 Å². The smallest absolute Gasteiger partial charge is 0.294 e. The summed E-state index contributed by atoms with van der Waals surface area (Å²) in [6, 6.07) is 14.1. The van der Waals surface area contributed by atoms with E-state index in [1.54, 1.807) is 0 Å². The Labute approximate surface area is 138 Å². The van der Waals surface area contributed by atoms with Gasteiger partial charge in [-0.1, -0.05) is 41.9 Å². The molecule has 0 radical (unpaired) electrons. The van der Waals surface area contributed by atoms with Crippen molar-refractivity contribution in [3.63, 3.8) is 0 Å². The van der Waals surface area contributed by atoms with Crippen LogP contribution in [0.5, 0.6) is 0 Å². The Bertz CT molecular complexity index is 707. The van der Waals surface area contributed by atoms with Crippen molar-refractivity contribution in [3.8, 4) is 0 Å². The average molecular weight is 335 g/mol. The van der Waals surface area contributed by atoms with Gasteiger partial charge < -0.3 is 10.6 Å². The second-order valence-corrected chi connectivity index (χ2v) is 5.54. The average Bonchev–Trinajstić information content (AvgIpc) is 2.55. The zero-order chi connectivity index (χ0) is 16.8. The van der Waals surface area contributed by atoms with Gasteiger partial charge in [-0.2, -0.15) is 0 Å². The minimum Gasteiger partial charge on any atom is -0.333 e. The Balaban J connectivity index is 1.96. The summed E-state index contributed by atoms with van der Waals surface area (Å²) in [5.41, 5.74) is 1.03. The molecule has 2 aromatic rings. The summed E-state index contributed by atoms with van der Waals surface area (Å²) in [6.07, 6.45) is 0. The number of amides is 1. The van der Waals surface area contributed by atoms with Crippen LogP contribution in [0.15, 0.2) is 48.5 Å². The third kappa shape index (κ3) is 4.77. The molecular formula is C16H17ClN3O3+. The van der Waals surface area contributed by atoms with Crippen molar-refractivity contribution in [2.24, 2.45) is 0 Å². The Morgan fingerprint density at radius 1 is 1.30 bits per heavy atom. The first-order chi connectivity index (χ1) is 11.0. The van der Waals surface area contributed by atoms with E-state index in [4.69, 9.17) is 11.6 Å². The van der Waals surface area contributed by atoms with Crippen LogP contribution in [-0.4, -0.2) is 17.4 Å². The summed E-state index contributed by atoms with van der Waals surface area (Å²) in [5, 5.41) is 15.7. The fourth-order valence-electron chi connectivity index (χ4n) is 2.14. The van der Waals surface area contributed by atoms with Crippen molar-refractivity contribution in [3.05, 3.63) is 69.2 Å². The first-order valence-corrected chi connectivity index (χ1v) is 7.47. The number of nitrogens with one attached hydrogen (secondary N) is 1. The van der Waals surface area contributed by atoms with Gasteiger partial charge in [0, 0.05) is 16.7 Å². The normalized spacial score (nSPS) is 11.7. The van der Waals surface area contributed by atoms with Gasteiger partial charge in [0.25, 0.3) is 11.6 Å². The zero-order valence-corrected chi connectivity index (χ0v) is 13.3. The number of carbonyl (C=O) groups is 1. The van der Waals surface area contributed by atoms with Crippen LogP contribution in [-0.2, 0) is 4.79 Å². The number of anilines is 1. The van der Waals surface area contributed by atoms with Crippen LogP contribution in [0.4, 0.5) is 11.4 Å². The van der Waals surface area contributed by atoms with Gasteiger partial charge in [-0.15, -0.1) is 0 Å². The summed E-state index contributed by atoms with van der Waals surface area (Å²) in [7, 11) is 0. The van der Waals surface area contributed by atoms with Crippen molar-refractivity contribution in [1.82, 2.24) is 0 Å². The van der Waals surface area contributed by atoms with Gasteiger partial charge in [-0.3, -0.25) is 14.9 Å². The molecule has 0 unspecified atom stereocenters. The molecule has 0 saturated heterocycles. The van der Waals surface area contributed by atoms with E-state index in [9.17, 15) is 14.9 Å². The molecule has 0 saturated carbocycles. The molecule has 0 aromatic heterocycles. The standard InChI is InChI=1S/C16H16ClN3O3/c1-11(12-5-3-2-4-6-12)18-10-16(21)19-14-8-7-13(17)9-15(14)20(22)23/h2-9,11,18H,10H2,1H3,(H,19,21)/p+1/t11-/m1/s1. The molecule has 0 aliphatic rings. The molecule has 3 N–H and O–H groups in total. The number of nitro groups is 1. The van der Waals surface area contributed by atoms with E-state index >= 15 is 0 Å². The van der Waals surface area contributed by atoms with Gasteiger partial charge in [0.1, 0.15) is 11.7 Å². The number of benzene rings is 2. The lowest BCUT2D eigenvalue weighted by atomic mass is 10.1. The maximum Gasteiger partial charge on any atom is 0.294 e. The number of nitrogens with two attached hydrogens (primary N) is 1. The van der Waals surface area contributed by atoms with E-state index in [1.807, 2.05) is 42.6 Å². The fourth-order valence-corrected chi connectivity index (χ4v) is 2.31. The first kappa shape index (κ1) is 16.9. The van der Waals surface area contributed by atoms with Crippen LogP contribution >= 0.6 is 11.6 Å². The number of rotatable bonds is 6. The predicted octanol–water partition coefficient (Wildman–Crippen LogP) is 2.51. The Morgan fingerprint density at radius 2 is 2.00 bits per heavy atom. The van der Waals surface area contributed by atoms with Crippen LogP contribution < -0.4 is 10.6 Å². The highest BCUT2D eigenvalue weighted by molar-refractivity contribution is 6.31. The van der Waals surface area contributed by atoms with Crippen LogP contribution in [0, 0.1) is 10.1 Å². The van der Waals surface area contributed by atoms with Crippen molar-refractivity contribution < 1.29 is 15.0 Å². The third-order valence-corrected chi connectivity index (χ3v) is 3.65. The van der Waals surface area contributed by atoms with Gasteiger partial charge in [-0.05, 0) is 19.1 Å². The molecule has 0 heterocycles. The number of carbonyl (C=O) groups excluding carboxylic acids is 1. The van der Waals surface area contributed by atoms with Crippen molar-refractivity contribution >= 4 is 28.9 Å². The van der Waals surface area contributed by atoms with E-state index in [0.717, 1.165) is 5.56 Å². The quantitative estimate of drug-likeness (QED) is 0.628. The summed E-state index contributed by atoms with van der Waals surface area (Å²) >= 11 is 5.74. The zero-order valence-electron chi connectivity index (χ0n) is 12.5. The number of nitro benzene ring substituents is 1. The summed E-state index contributed by atoms with van der Waals surface area (Å²) in [6.45, 7) is 2.16. The monoisotopic (exact) mass is 334 g/mol. The largest absolute Gasteiger partial charge is 0.333 e. The summed E-state index contributed by atoms with van der Waals surface area (Å²) < 4.78 is 0. The van der Waals surface area contributed by atoms with Gasteiger partial charge in [0.05, 0.1) is 4.92 Å². The molecule has 120 valence electrons. The van der Waals surface area contributed by atoms with Crippen molar-refractivity contribution in [2.45, 2.75) is 13.0 Å². The van der Waals surface area contributed by atoms with E-state index < -0.39 is 4.92 Å². The Kier molecular flexibility index (Phi) is 5.67. The highest BCUT2D eigenvalue weighted by Crippen LogP contribution is 2.27. The van der Waals surface area contributed by atoms with Crippen LogP contribution in [0.25, 0.3) is 0 Å². The molecule has 0 aliphatic heterocycles. The van der Waals surface area contributed by atoms with Crippen LogP contribution in [0.2, 0.25) is 5.02 Å². The molecule has 23 heavy (non-hydrogen) atoms. The Hall–Kier alpha value is -2.44. The van der Waals surface area contributed by atoms with Gasteiger partial charge in [-0.25, -0.2) is 0 Å². The summed E-state index contributed by atoms with van der Waals surface area (Å²) in [5.74, 6) is -0.307. The number of quaternary nitrogens is 1. The SMILES string of the molecule is C[C@@H]([NH2+]CC(=O)Nc1ccc(Cl)cc1[N+](=O)[O-])c1ccccc1. The maximum absolute atomic E-state index is 12.0. The molecule has 1 amide bonds. The van der Waals surface area contributed by atoms with Gasteiger partial charge >= 0.3 is 0 Å². The first-order valence-electron chi connectivity index (χ1n) is 7.09. The number of hydrogen-bond donors (Lipinski definition) is 2. The van der Waals surface area contributed by atoms with E-state index in [1.165, 1.54) is 18.2 Å². The second kappa shape index (κ2) is 7.71. The minimum atomic E-state index is -0.572. The fraction of sp³-hybridized carbons (Fsp3) is 0.188. The van der Waals surface area contributed by atoms with Crippen LogP contribution in [0.1, 0.15) is 18.5 Å². The summed E-state index contributed by atoms with van der Waals surface area (Å²) in [4.78, 5) is 22.4. The molecule has 7 heteroatoms. The maximum atomic E-state index is 12.0. The number of hydrogen-bond acceptors (Lipinski definition) is 3. The third-order valence-electron chi connectivity index (χ3n) is 3.41. The van der Waals surface area contributed by atoms with Gasteiger partial charge in [0.15, 0.2) is 6.54 Å². The minimum absolute atomic E-state index is 0.113. The molecular weight excluding hydrogens is 318 g/mol. The molecule has 0 aliphatic carbocycles. The molecule has 0 spiro atoms. The molecule has 0 bridgehead atoms. The van der Waals surface area contributed by atoms with E-state index in [2.05, 4.69) is 5.32 Å². The topological polar surface area (TPSA) is 88.8 Å². The highest BCUT2D eigenvalue weighted by Gasteiger charge is 2.18. The predicted molar refractivity (Wildman–Crippen MR) is 88.4 cm³/mol. The van der Waals surface area contributed by atoms with Crippen LogP contribution in [0.3, 0.4) is 0 Å². The van der Waals surface area contributed by atoms with E-state index in [-0.39, 0.29) is 34.9 Å². The lowest BCUT2D eigenvalue weighted by Crippen LogP contribution is -2.86. The molecule has 0 fully saturated rings.